The second-order valence-electron chi connectivity index (χ2n) is 5.47. The topological polar surface area (TPSA) is 49.8 Å². The monoisotopic (exact) mass is 346 g/mol. The van der Waals surface area contributed by atoms with Crippen molar-refractivity contribution in [3.05, 3.63) is 46.3 Å². The number of aliphatic imine (C=N–C) groups is 1. The van der Waals surface area contributed by atoms with Gasteiger partial charge < -0.3 is 15.0 Å². The van der Waals surface area contributed by atoms with Crippen molar-refractivity contribution in [2.75, 3.05) is 27.2 Å². The van der Waals surface area contributed by atoms with Crippen molar-refractivity contribution in [3.63, 3.8) is 0 Å². The summed E-state index contributed by atoms with van der Waals surface area (Å²) in [5.41, 5.74) is 1.04. The molecule has 5 nitrogen and oxygen atoms in total. The lowest BCUT2D eigenvalue weighted by Crippen LogP contribution is -2.39. The average molecular weight is 347 g/mol. The molecule has 0 aromatic carbocycles. The highest BCUT2D eigenvalue weighted by Gasteiger charge is 2.09. The number of hydrogen-bond acceptors (Lipinski definition) is 4. The van der Waals surface area contributed by atoms with E-state index in [0.717, 1.165) is 30.9 Å². The number of likely N-dealkylation sites (N-methyl/N-ethyl adjacent to an activating group) is 1. The Balaban J connectivity index is 1.89. The van der Waals surface area contributed by atoms with E-state index in [2.05, 4.69) is 51.7 Å². The molecule has 0 radical (unpaired) electrons. The largest absolute Gasteiger partial charge is 0.477 e. The second-order valence-corrected chi connectivity index (χ2v) is 6.50. The van der Waals surface area contributed by atoms with E-state index in [1.807, 2.05) is 19.2 Å². The normalized spacial score (nSPS) is 11.4. The summed E-state index contributed by atoms with van der Waals surface area (Å²) < 4.78 is 5.71. The van der Waals surface area contributed by atoms with Gasteiger partial charge in [0.05, 0.1) is 6.61 Å². The number of rotatable bonds is 8. The van der Waals surface area contributed by atoms with Crippen molar-refractivity contribution in [2.24, 2.45) is 4.99 Å². The first-order chi connectivity index (χ1) is 11.7. The molecule has 2 rings (SSSR count). The number of pyridine rings is 1. The summed E-state index contributed by atoms with van der Waals surface area (Å²) >= 11 is 1.79. The second kappa shape index (κ2) is 9.93. The summed E-state index contributed by atoms with van der Waals surface area (Å²) in [4.78, 5) is 12.2. The van der Waals surface area contributed by atoms with Crippen molar-refractivity contribution < 1.29 is 4.74 Å². The van der Waals surface area contributed by atoms with E-state index in [1.165, 1.54) is 4.88 Å². The molecular formula is C18H26N4OS. The molecule has 2 heterocycles. The molecule has 0 fully saturated rings. The van der Waals surface area contributed by atoms with E-state index in [1.54, 1.807) is 17.5 Å². The van der Waals surface area contributed by atoms with Crippen LogP contribution in [0.3, 0.4) is 0 Å². The Kier molecular flexibility index (Phi) is 7.55. The van der Waals surface area contributed by atoms with Gasteiger partial charge in [-0.25, -0.2) is 4.98 Å². The van der Waals surface area contributed by atoms with Crippen LogP contribution in [0, 0.1) is 0 Å². The maximum Gasteiger partial charge on any atom is 0.218 e. The Hall–Kier alpha value is -2.08. The van der Waals surface area contributed by atoms with E-state index < -0.39 is 0 Å². The molecule has 2 aromatic heterocycles. The Morgan fingerprint density at radius 1 is 1.38 bits per heavy atom. The van der Waals surface area contributed by atoms with Crippen LogP contribution in [0.15, 0.2) is 40.8 Å². The molecule has 0 aliphatic rings. The molecule has 0 spiro atoms. The van der Waals surface area contributed by atoms with Crippen LogP contribution in [-0.2, 0) is 13.0 Å². The van der Waals surface area contributed by atoms with E-state index in [-0.39, 0.29) is 0 Å². The molecule has 0 unspecified atom stereocenters. The molecule has 0 saturated heterocycles. The highest BCUT2D eigenvalue weighted by Crippen LogP contribution is 2.14. The smallest absolute Gasteiger partial charge is 0.218 e. The molecule has 0 bridgehead atoms. The van der Waals surface area contributed by atoms with Gasteiger partial charge in [0.1, 0.15) is 0 Å². The fourth-order valence-corrected chi connectivity index (χ4v) is 2.98. The maximum absolute atomic E-state index is 5.71. The SMILES string of the molecule is CCCOc1ncccc1CNC(=NC)N(C)CCc1cccs1. The summed E-state index contributed by atoms with van der Waals surface area (Å²) in [5.74, 6) is 1.57. The Bertz CT molecular complexity index is 628. The molecule has 1 N–H and O–H groups in total. The van der Waals surface area contributed by atoms with Crippen molar-refractivity contribution in [2.45, 2.75) is 26.3 Å². The number of nitrogens with zero attached hydrogens (tertiary/aromatic N) is 3. The summed E-state index contributed by atoms with van der Waals surface area (Å²) in [7, 11) is 3.86. The molecule has 2 aromatic rings. The summed E-state index contributed by atoms with van der Waals surface area (Å²) in [6, 6.07) is 8.22. The van der Waals surface area contributed by atoms with Crippen molar-refractivity contribution in [1.82, 2.24) is 15.2 Å². The number of ether oxygens (including phenoxy) is 1. The molecule has 0 aliphatic heterocycles. The Morgan fingerprint density at radius 2 is 2.25 bits per heavy atom. The summed E-state index contributed by atoms with van der Waals surface area (Å²) in [5, 5.41) is 5.51. The van der Waals surface area contributed by atoms with Crippen molar-refractivity contribution in [1.29, 1.82) is 0 Å². The first-order valence-corrected chi connectivity index (χ1v) is 9.13. The number of aromatic nitrogens is 1. The molecule has 0 atom stereocenters. The van der Waals surface area contributed by atoms with Gasteiger partial charge in [-0.3, -0.25) is 4.99 Å². The van der Waals surface area contributed by atoms with Crippen molar-refractivity contribution >= 4 is 17.3 Å². The standard InChI is InChI=1S/C18H26N4OS/c1-4-12-23-17-15(7-5-10-20-17)14-21-18(19-2)22(3)11-9-16-8-6-13-24-16/h5-8,10,13H,4,9,11-12,14H2,1-3H3,(H,19,21). The van der Waals surface area contributed by atoms with Crippen LogP contribution < -0.4 is 10.1 Å². The number of hydrogen-bond donors (Lipinski definition) is 1. The third kappa shape index (κ3) is 5.53. The quantitative estimate of drug-likeness (QED) is 0.589. The van der Waals surface area contributed by atoms with E-state index in [4.69, 9.17) is 4.74 Å². The lowest BCUT2D eigenvalue weighted by atomic mass is 10.2. The van der Waals surface area contributed by atoms with Crippen LogP contribution in [0.2, 0.25) is 0 Å². The van der Waals surface area contributed by atoms with Gasteiger partial charge >= 0.3 is 0 Å². The average Bonchev–Trinajstić information content (AvgIpc) is 3.13. The van der Waals surface area contributed by atoms with Gasteiger partial charge in [-0.2, -0.15) is 0 Å². The lowest BCUT2D eigenvalue weighted by molar-refractivity contribution is 0.301. The minimum Gasteiger partial charge on any atom is -0.477 e. The minimum atomic E-state index is 0.642. The number of nitrogens with one attached hydrogen (secondary N) is 1. The van der Waals surface area contributed by atoms with E-state index in [0.29, 0.717) is 19.0 Å². The van der Waals surface area contributed by atoms with Crippen molar-refractivity contribution in [3.8, 4) is 5.88 Å². The fourth-order valence-electron chi connectivity index (χ4n) is 2.28. The van der Waals surface area contributed by atoms with Gasteiger partial charge in [-0.05, 0) is 30.4 Å². The van der Waals surface area contributed by atoms with Gasteiger partial charge in [0, 0.05) is 43.8 Å². The van der Waals surface area contributed by atoms with Crippen LogP contribution >= 0.6 is 11.3 Å². The molecule has 130 valence electrons. The maximum atomic E-state index is 5.71. The minimum absolute atomic E-state index is 0.642. The van der Waals surface area contributed by atoms with Crippen LogP contribution in [0.4, 0.5) is 0 Å². The highest BCUT2D eigenvalue weighted by atomic mass is 32.1. The third-order valence-corrected chi connectivity index (χ3v) is 4.51. The zero-order valence-electron chi connectivity index (χ0n) is 14.7. The Morgan fingerprint density at radius 3 is 2.96 bits per heavy atom. The van der Waals surface area contributed by atoms with Gasteiger partial charge in [0.15, 0.2) is 5.96 Å². The Labute approximate surface area is 148 Å². The zero-order valence-corrected chi connectivity index (χ0v) is 15.5. The molecule has 24 heavy (non-hydrogen) atoms. The van der Waals surface area contributed by atoms with Gasteiger partial charge in [0.2, 0.25) is 5.88 Å². The summed E-state index contributed by atoms with van der Waals surface area (Å²) in [6.45, 7) is 4.33. The van der Waals surface area contributed by atoms with Crippen LogP contribution in [0.5, 0.6) is 5.88 Å². The lowest BCUT2D eigenvalue weighted by Gasteiger charge is -2.22. The first-order valence-electron chi connectivity index (χ1n) is 8.25. The molecule has 0 aliphatic carbocycles. The molecule has 0 saturated carbocycles. The van der Waals surface area contributed by atoms with Gasteiger partial charge in [0.25, 0.3) is 0 Å². The van der Waals surface area contributed by atoms with Gasteiger partial charge in [-0.15, -0.1) is 11.3 Å². The van der Waals surface area contributed by atoms with Gasteiger partial charge in [-0.1, -0.05) is 19.1 Å². The summed E-state index contributed by atoms with van der Waals surface area (Å²) in [6.07, 6.45) is 3.75. The number of thiophene rings is 1. The number of guanidine groups is 1. The third-order valence-electron chi connectivity index (χ3n) is 3.58. The van der Waals surface area contributed by atoms with E-state index in [9.17, 15) is 0 Å². The predicted molar refractivity (Wildman–Crippen MR) is 101 cm³/mol. The molecular weight excluding hydrogens is 320 g/mol. The first kappa shape index (κ1) is 18.3. The fraction of sp³-hybridized carbons (Fsp3) is 0.444. The van der Waals surface area contributed by atoms with Crippen LogP contribution in [0.1, 0.15) is 23.8 Å². The van der Waals surface area contributed by atoms with Crippen LogP contribution in [0.25, 0.3) is 0 Å². The zero-order chi connectivity index (χ0) is 17.2. The highest BCUT2D eigenvalue weighted by molar-refractivity contribution is 7.09. The predicted octanol–water partition coefficient (Wildman–Crippen LogP) is 3.18. The molecule has 6 heteroatoms. The molecule has 0 amide bonds. The van der Waals surface area contributed by atoms with Crippen LogP contribution in [-0.4, -0.2) is 43.1 Å². The van der Waals surface area contributed by atoms with E-state index >= 15 is 0 Å².